The number of aromatic amines is 1. The lowest BCUT2D eigenvalue weighted by Gasteiger charge is -2.29. The maximum Gasteiger partial charge on any atom is 0.227 e. The number of anilines is 1. The van der Waals surface area contributed by atoms with Gasteiger partial charge >= 0.3 is 0 Å². The highest BCUT2D eigenvalue weighted by Crippen LogP contribution is 2.54. The van der Waals surface area contributed by atoms with E-state index in [0.717, 1.165) is 23.5 Å². The minimum atomic E-state index is 0.497. The van der Waals surface area contributed by atoms with Crippen molar-refractivity contribution in [2.45, 2.75) is 38.6 Å². The molecule has 22 heavy (non-hydrogen) atoms. The van der Waals surface area contributed by atoms with Gasteiger partial charge in [0, 0.05) is 43.3 Å². The molecule has 1 atom stereocenters. The van der Waals surface area contributed by atoms with Gasteiger partial charge in [0.1, 0.15) is 5.65 Å². The number of H-pyrrole nitrogens is 1. The molecule has 2 fully saturated rings. The van der Waals surface area contributed by atoms with Crippen molar-refractivity contribution in [3.8, 4) is 0 Å². The first-order chi connectivity index (χ1) is 10.7. The van der Waals surface area contributed by atoms with Crippen LogP contribution in [-0.2, 0) is 0 Å². The van der Waals surface area contributed by atoms with Crippen LogP contribution in [0.4, 0.5) is 5.95 Å². The van der Waals surface area contributed by atoms with Gasteiger partial charge in [-0.15, -0.1) is 0 Å². The first kappa shape index (κ1) is 14.0. The Morgan fingerprint density at radius 3 is 3.09 bits per heavy atom. The molecule has 2 aromatic heterocycles. The van der Waals surface area contributed by atoms with Crippen molar-refractivity contribution < 1.29 is 0 Å². The van der Waals surface area contributed by atoms with Gasteiger partial charge in [0.05, 0.1) is 6.04 Å². The molecule has 5 nitrogen and oxygen atoms in total. The number of nitrogens with zero attached hydrogens (tertiary/aromatic N) is 4. The first-order valence-electron chi connectivity index (χ1n) is 8.47. The Labute approximate surface area is 131 Å². The Morgan fingerprint density at radius 1 is 1.45 bits per heavy atom. The number of rotatable bonds is 5. The van der Waals surface area contributed by atoms with E-state index >= 15 is 0 Å². The average Bonchev–Trinajstić information content (AvgIpc) is 2.99. The normalized spacial score (nSPS) is 23.5. The molecule has 2 aliphatic rings. The fraction of sp³-hybridized carbons (Fsp3) is 0.647. The molecule has 4 rings (SSSR count). The summed E-state index contributed by atoms with van der Waals surface area (Å²) in [6.45, 7) is 5.92. The van der Waals surface area contributed by atoms with Crippen LogP contribution >= 0.6 is 0 Å². The molecule has 0 amide bonds. The van der Waals surface area contributed by atoms with Crippen molar-refractivity contribution in [2.24, 2.45) is 5.41 Å². The fourth-order valence-electron chi connectivity index (χ4n) is 3.93. The summed E-state index contributed by atoms with van der Waals surface area (Å²) < 4.78 is 0. The molecule has 118 valence electrons. The van der Waals surface area contributed by atoms with Crippen molar-refractivity contribution in [2.75, 3.05) is 31.6 Å². The van der Waals surface area contributed by atoms with Gasteiger partial charge in [-0.05, 0) is 31.9 Å². The molecule has 1 aliphatic heterocycles. The van der Waals surface area contributed by atoms with Crippen LogP contribution in [0.3, 0.4) is 0 Å². The van der Waals surface area contributed by atoms with Crippen molar-refractivity contribution >= 4 is 17.0 Å². The van der Waals surface area contributed by atoms with Crippen molar-refractivity contribution in [3.63, 3.8) is 0 Å². The number of hydrogen-bond acceptors (Lipinski definition) is 4. The molecule has 3 heterocycles. The summed E-state index contributed by atoms with van der Waals surface area (Å²) in [5.41, 5.74) is 1.43. The van der Waals surface area contributed by atoms with Gasteiger partial charge in [0.15, 0.2) is 0 Å². The zero-order chi connectivity index (χ0) is 15.2. The SMILES string of the molecule is CCCCN1C[C@H](N(C)c2ncc3cc[nH]c3n2)C2(CC2)C1. The lowest BCUT2D eigenvalue weighted by molar-refractivity contribution is 0.314. The van der Waals surface area contributed by atoms with E-state index < -0.39 is 0 Å². The topological polar surface area (TPSA) is 48.0 Å². The second-order valence-corrected chi connectivity index (χ2v) is 7.03. The zero-order valence-electron chi connectivity index (χ0n) is 13.5. The summed E-state index contributed by atoms with van der Waals surface area (Å²) in [7, 11) is 2.16. The Balaban J connectivity index is 1.55. The highest BCUT2D eigenvalue weighted by molar-refractivity contribution is 5.75. The van der Waals surface area contributed by atoms with Crippen LogP contribution < -0.4 is 4.90 Å². The van der Waals surface area contributed by atoms with Gasteiger partial charge in [-0.25, -0.2) is 4.98 Å². The molecule has 1 aliphatic carbocycles. The molecule has 0 bridgehead atoms. The van der Waals surface area contributed by atoms with Gasteiger partial charge in [-0.1, -0.05) is 13.3 Å². The Bertz CT molecular complexity index is 660. The van der Waals surface area contributed by atoms with Crippen LogP contribution in [0.1, 0.15) is 32.6 Å². The molecular weight excluding hydrogens is 274 g/mol. The van der Waals surface area contributed by atoms with E-state index in [4.69, 9.17) is 4.98 Å². The molecule has 2 aromatic rings. The number of unbranched alkanes of at least 4 members (excludes halogenated alkanes) is 1. The number of aromatic nitrogens is 3. The van der Waals surface area contributed by atoms with Gasteiger partial charge in [0.25, 0.3) is 0 Å². The van der Waals surface area contributed by atoms with E-state index in [-0.39, 0.29) is 0 Å². The number of hydrogen-bond donors (Lipinski definition) is 1. The maximum atomic E-state index is 4.70. The van der Waals surface area contributed by atoms with Gasteiger partial charge in [-0.3, -0.25) is 0 Å². The van der Waals surface area contributed by atoms with E-state index in [2.05, 4.69) is 33.7 Å². The summed E-state index contributed by atoms with van der Waals surface area (Å²) in [5, 5.41) is 1.08. The third-order valence-electron chi connectivity index (χ3n) is 5.47. The third kappa shape index (κ3) is 2.28. The van der Waals surface area contributed by atoms with Gasteiger partial charge < -0.3 is 14.8 Å². The molecule has 0 aromatic carbocycles. The Kier molecular flexibility index (Phi) is 3.33. The van der Waals surface area contributed by atoms with Gasteiger partial charge in [-0.2, -0.15) is 4.98 Å². The lowest BCUT2D eigenvalue weighted by atomic mass is 10.00. The van der Waals surface area contributed by atoms with E-state index in [1.807, 2.05) is 18.5 Å². The molecule has 1 saturated carbocycles. The Morgan fingerprint density at radius 2 is 2.32 bits per heavy atom. The standard InChI is InChI=1S/C17H25N5/c1-3-4-9-22-11-14(17(12-22)6-7-17)21(2)16-19-10-13-5-8-18-15(13)20-16/h5,8,10,14H,3-4,6-7,9,11-12H2,1-2H3,(H,18,19,20)/t14-/m0/s1. The number of nitrogens with one attached hydrogen (secondary N) is 1. The van der Waals surface area contributed by atoms with Crippen molar-refractivity contribution in [1.82, 2.24) is 19.9 Å². The fourth-order valence-corrected chi connectivity index (χ4v) is 3.93. The molecular formula is C17H25N5. The molecule has 5 heteroatoms. The minimum Gasteiger partial charge on any atom is -0.346 e. The molecule has 1 spiro atoms. The third-order valence-corrected chi connectivity index (χ3v) is 5.47. The summed E-state index contributed by atoms with van der Waals surface area (Å²) in [5.74, 6) is 0.851. The highest BCUT2D eigenvalue weighted by Gasteiger charge is 2.56. The van der Waals surface area contributed by atoms with Crippen LogP contribution in [0, 0.1) is 5.41 Å². The minimum absolute atomic E-state index is 0.497. The van der Waals surface area contributed by atoms with E-state index in [9.17, 15) is 0 Å². The second-order valence-electron chi connectivity index (χ2n) is 7.03. The molecule has 0 unspecified atom stereocenters. The van der Waals surface area contributed by atoms with E-state index in [1.54, 1.807) is 0 Å². The van der Waals surface area contributed by atoms with Gasteiger partial charge in [0.2, 0.25) is 5.95 Å². The van der Waals surface area contributed by atoms with Crippen LogP contribution in [0.5, 0.6) is 0 Å². The van der Waals surface area contributed by atoms with Crippen molar-refractivity contribution in [1.29, 1.82) is 0 Å². The molecule has 1 saturated heterocycles. The summed E-state index contributed by atoms with van der Waals surface area (Å²) in [6, 6.07) is 2.57. The maximum absolute atomic E-state index is 4.70. The summed E-state index contributed by atoms with van der Waals surface area (Å²) in [6.07, 6.45) is 9.14. The van der Waals surface area contributed by atoms with Crippen LogP contribution in [0.2, 0.25) is 0 Å². The zero-order valence-corrected chi connectivity index (χ0v) is 13.5. The number of fused-ring (bicyclic) bond motifs is 1. The quantitative estimate of drug-likeness (QED) is 0.922. The predicted molar refractivity (Wildman–Crippen MR) is 89.1 cm³/mol. The number of likely N-dealkylation sites (tertiary alicyclic amines) is 1. The van der Waals surface area contributed by atoms with Crippen LogP contribution in [0.25, 0.3) is 11.0 Å². The smallest absolute Gasteiger partial charge is 0.227 e. The number of likely N-dealkylation sites (N-methyl/N-ethyl adjacent to an activating group) is 1. The van der Waals surface area contributed by atoms with E-state index in [0.29, 0.717) is 11.5 Å². The predicted octanol–water partition coefficient (Wildman–Crippen LogP) is 2.66. The molecule has 0 radical (unpaired) electrons. The Hall–Kier alpha value is -1.62. The summed E-state index contributed by atoms with van der Waals surface area (Å²) in [4.78, 5) is 17.4. The van der Waals surface area contributed by atoms with Crippen molar-refractivity contribution in [3.05, 3.63) is 18.5 Å². The van der Waals surface area contributed by atoms with E-state index in [1.165, 1.54) is 38.8 Å². The monoisotopic (exact) mass is 299 g/mol. The first-order valence-corrected chi connectivity index (χ1v) is 8.47. The largest absolute Gasteiger partial charge is 0.346 e. The second kappa shape index (κ2) is 5.23. The summed E-state index contributed by atoms with van der Waals surface area (Å²) >= 11 is 0. The van der Waals surface area contributed by atoms with Crippen LogP contribution in [0.15, 0.2) is 18.5 Å². The lowest BCUT2D eigenvalue weighted by Crippen LogP contribution is -2.40. The average molecular weight is 299 g/mol. The highest BCUT2D eigenvalue weighted by atomic mass is 15.3. The molecule has 1 N–H and O–H groups in total. The van der Waals surface area contributed by atoms with Crippen LogP contribution in [-0.4, -0.2) is 52.6 Å².